The molecular formula is C17H18F2N2O3S. The molecule has 1 aromatic carbocycles. The van der Waals surface area contributed by atoms with E-state index in [0.29, 0.717) is 23.1 Å². The van der Waals surface area contributed by atoms with Crippen LogP contribution in [0.5, 0.6) is 0 Å². The van der Waals surface area contributed by atoms with Crippen LogP contribution < -0.4 is 0 Å². The Hall–Kier alpha value is -1.90. The highest BCUT2D eigenvalue weighted by molar-refractivity contribution is 7.13. The number of benzene rings is 1. The summed E-state index contributed by atoms with van der Waals surface area (Å²) < 4.78 is 38.4. The molecule has 1 aliphatic heterocycles. The van der Waals surface area contributed by atoms with E-state index in [1.807, 2.05) is 0 Å². The van der Waals surface area contributed by atoms with Crippen molar-refractivity contribution in [1.82, 2.24) is 9.88 Å². The second-order valence-corrected chi connectivity index (χ2v) is 6.96. The van der Waals surface area contributed by atoms with Gasteiger partial charge in [0.15, 0.2) is 5.01 Å². The highest BCUT2D eigenvalue weighted by Crippen LogP contribution is 2.34. The molecule has 25 heavy (non-hydrogen) atoms. The Labute approximate surface area is 148 Å². The molecule has 8 heteroatoms. The summed E-state index contributed by atoms with van der Waals surface area (Å²) in [6.07, 6.45) is 1.45. The van der Waals surface area contributed by atoms with Gasteiger partial charge in [0.2, 0.25) is 5.79 Å². The summed E-state index contributed by atoms with van der Waals surface area (Å²) >= 11 is 1.17. The number of carbonyl (C=O) groups excluding carboxylic acids is 1. The van der Waals surface area contributed by atoms with Crippen LogP contribution in [0.3, 0.4) is 0 Å². The van der Waals surface area contributed by atoms with Crippen molar-refractivity contribution in [3.8, 4) is 0 Å². The van der Waals surface area contributed by atoms with Gasteiger partial charge in [0.1, 0.15) is 16.5 Å². The summed E-state index contributed by atoms with van der Waals surface area (Å²) in [5, 5.41) is 0.548. The Bertz CT molecular complexity index is 790. The molecule has 1 aliphatic rings. The lowest BCUT2D eigenvalue weighted by Gasteiger charge is -2.25. The SMILES string of the molecule is CC(c1cc(F)ccc1F)N(C)C(=O)c1cnc(C2(C)OCCO2)s1. The van der Waals surface area contributed by atoms with Crippen LogP contribution in [0, 0.1) is 11.6 Å². The fourth-order valence-corrected chi connectivity index (χ4v) is 3.57. The maximum Gasteiger partial charge on any atom is 0.265 e. The molecular weight excluding hydrogens is 350 g/mol. The van der Waals surface area contributed by atoms with E-state index < -0.39 is 23.5 Å². The van der Waals surface area contributed by atoms with E-state index in [1.54, 1.807) is 20.9 Å². The number of hydrogen-bond acceptors (Lipinski definition) is 5. The first-order chi connectivity index (χ1) is 11.8. The van der Waals surface area contributed by atoms with Crippen LogP contribution in [0.15, 0.2) is 24.4 Å². The number of ether oxygens (including phenoxy) is 2. The first-order valence-corrected chi connectivity index (χ1v) is 8.60. The van der Waals surface area contributed by atoms with Gasteiger partial charge in [0.05, 0.1) is 25.5 Å². The van der Waals surface area contributed by atoms with E-state index in [-0.39, 0.29) is 11.5 Å². The lowest BCUT2D eigenvalue weighted by molar-refractivity contribution is -0.149. The molecule has 2 heterocycles. The van der Waals surface area contributed by atoms with Gasteiger partial charge in [-0.25, -0.2) is 13.8 Å². The second-order valence-electron chi connectivity index (χ2n) is 5.93. The summed E-state index contributed by atoms with van der Waals surface area (Å²) in [6.45, 7) is 4.33. The van der Waals surface area contributed by atoms with E-state index in [1.165, 1.54) is 22.4 Å². The molecule has 0 N–H and O–H groups in total. The minimum Gasteiger partial charge on any atom is -0.342 e. The lowest BCUT2D eigenvalue weighted by Crippen LogP contribution is -2.29. The molecule has 1 aromatic heterocycles. The van der Waals surface area contributed by atoms with E-state index in [4.69, 9.17) is 9.47 Å². The Morgan fingerprint density at radius 1 is 1.36 bits per heavy atom. The maximum atomic E-state index is 14.0. The van der Waals surface area contributed by atoms with E-state index >= 15 is 0 Å². The van der Waals surface area contributed by atoms with E-state index in [2.05, 4.69) is 4.98 Å². The minimum atomic E-state index is -0.942. The summed E-state index contributed by atoms with van der Waals surface area (Å²) in [6, 6.07) is 2.57. The van der Waals surface area contributed by atoms with E-state index in [9.17, 15) is 13.6 Å². The lowest BCUT2D eigenvalue weighted by atomic mass is 10.1. The molecule has 1 atom stereocenters. The van der Waals surface area contributed by atoms with Crippen LogP contribution in [-0.4, -0.2) is 36.1 Å². The molecule has 0 aliphatic carbocycles. The van der Waals surface area contributed by atoms with Crippen LogP contribution in [0.25, 0.3) is 0 Å². The normalized spacial score (nSPS) is 17.5. The Morgan fingerprint density at radius 2 is 2.04 bits per heavy atom. The average molecular weight is 368 g/mol. The van der Waals surface area contributed by atoms with Crippen molar-refractivity contribution in [3.05, 3.63) is 51.5 Å². The van der Waals surface area contributed by atoms with Crippen LogP contribution in [0.4, 0.5) is 8.78 Å². The Morgan fingerprint density at radius 3 is 2.72 bits per heavy atom. The third kappa shape index (κ3) is 3.42. The molecule has 134 valence electrons. The fraction of sp³-hybridized carbons (Fsp3) is 0.412. The standard InChI is InChI=1S/C17H18F2N2O3S/c1-10(12-8-11(18)4-5-13(12)19)21(3)15(22)14-9-20-16(25-14)17(2)23-6-7-24-17/h4-5,8-10H,6-7H2,1-3H3. The van der Waals surface area contributed by atoms with Crippen molar-refractivity contribution in [2.24, 2.45) is 0 Å². The van der Waals surface area contributed by atoms with Crippen molar-refractivity contribution >= 4 is 17.2 Å². The summed E-state index contributed by atoms with van der Waals surface area (Å²) in [5.41, 5.74) is 0.120. The zero-order chi connectivity index (χ0) is 18.2. The molecule has 0 saturated carbocycles. The summed E-state index contributed by atoms with van der Waals surface area (Å²) in [4.78, 5) is 18.6. The van der Waals surface area contributed by atoms with Gasteiger partial charge in [-0.1, -0.05) is 0 Å². The highest BCUT2D eigenvalue weighted by atomic mass is 32.1. The first-order valence-electron chi connectivity index (χ1n) is 7.78. The number of carbonyl (C=O) groups is 1. The smallest absolute Gasteiger partial charge is 0.265 e. The van der Waals surface area contributed by atoms with Crippen LogP contribution >= 0.6 is 11.3 Å². The van der Waals surface area contributed by atoms with Crippen molar-refractivity contribution in [3.63, 3.8) is 0 Å². The van der Waals surface area contributed by atoms with Gasteiger partial charge in [0.25, 0.3) is 5.91 Å². The molecule has 0 spiro atoms. The average Bonchev–Trinajstić information content (AvgIpc) is 3.25. The molecule has 3 rings (SSSR count). The zero-order valence-corrected chi connectivity index (χ0v) is 14.9. The molecule has 0 radical (unpaired) electrons. The van der Waals surface area contributed by atoms with Crippen molar-refractivity contribution < 1.29 is 23.0 Å². The summed E-state index contributed by atoms with van der Waals surface area (Å²) in [5.74, 6) is -2.38. The minimum absolute atomic E-state index is 0.120. The molecule has 2 aromatic rings. The Kier molecular flexibility index (Phi) is 4.86. The maximum absolute atomic E-state index is 14.0. The number of aromatic nitrogens is 1. The molecule has 0 bridgehead atoms. The topological polar surface area (TPSA) is 51.7 Å². The zero-order valence-electron chi connectivity index (χ0n) is 14.1. The van der Waals surface area contributed by atoms with Gasteiger partial charge < -0.3 is 14.4 Å². The predicted molar refractivity (Wildman–Crippen MR) is 88.2 cm³/mol. The molecule has 5 nitrogen and oxygen atoms in total. The quantitative estimate of drug-likeness (QED) is 0.829. The van der Waals surface area contributed by atoms with Crippen LogP contribution in [-0.2, 0) is 15.3 Å². The van der Waals surface area contributed by atoms with Gasteiger partial charge in [-0.2, -0.15) is 0 Å². The van der Waals surface area contributed by atoms with Gasteiger partial charge in [0, 0.05) is 12.6 Å². The number of nitrogens with zero attached hydrogens (tertiary/aromatic N) is 2. The van der Waals surface area contributed by atoms with Crippen molar-refractivity contribution in [2.75, 3.05) is 20.3 Å². The number of rotatable bonds is 4. The van der Waals surface area contributed by atoms with Gasteiger partial charge in [-0.15, -0.1) is 11.3 Å². The third-order valence-electron chi connectivity index (χ3n) is 4.25. The first kappa shape index (κ1) is 17.9. The van der Waals surface area contributed by atoms with Gasteiger partial charge in [-0.3, -0.25) is 4.79 Å². The third-order valence-corrected chi connectivity index (χ3v) is 5.42. The van der Waals surface area contributed by atoms with Crippen LogP contribution in [0.2, 0.25) is 0 Å². The monoisotopic (exact) mass is 368 g/mol. The summed E-state index contributed by atoms with van der Waals surface area (Å²) in [7, 11) is 1.54. The number of halogens is 2. The van der Waals surface area contributed by atoms with Crippen LogP contribution in [0.1, 0.15) is 40.1 Å². The molecule has 1 saturated heterocycles. The fourth-order valence-electron chi connectivity index (χ4n) is 2.61. The van der Waals surface area contributed by atoms with Gasteiger partial charge in [-0.05, 0) is 32.0 Å². The predicted octanol–water partition coefficient (Wildman–Crippen LogP) is 3.47. The molecule has 1 fully saturated rings. The Balaban J connectivity index is 1.80. The highest BCUT2D eigenvalue weighted by Gasteiger charge is 2.37. The molecule has 1 amide bonds. The number of hydrogen-bond donors (Lipinski definition) is 0. The number of amides is 1. The van der Waals surface area contributed by atoms with Crippen molar-refractivity contribution in [1.29, 1.82) is 0 Å². The van der Waals surface area contributed by atoms with Gasteiger partial charge >= 0.3 is 0 Å². The molecule has 1 unspecified atom stereocenters. The number of thiazole rings is 1. The second kappa shape index (κ2) is 6.78. The largest absolute Gasteiger partial charge is 0.342 e. The van der Waals surface area contributed by atoms with Crippen molar-refractivity contribution in [2.45, 2.75) is 25.7 Å². The van der Waals surface area contributed by atoms with E-state index in [0.717, 1.165) is 18.2 Å².